The van der Waals surface area contributed by atoms with Crippen molar-refractivity contribution in [3.05, 3.63) is 53.6 Å². The van der Waals surface area contributed by atoms with Crippen LogP contribution < -0.4 is 15.0 Å². The largest absolute Gasteiger partial charge is 0.508 e. The molecule has 0 unspecified atom stereocenters. The number of nitrogens with one attached hydrogen (secondary N) is 1. The minimum atomic E-state index is -0.891. The second kappa shape index (κ2) is 11.0. The number of fused-ring (bicyclic) bond motifs is 4. The number of benzene rings is 3. The molecule has 4 aromatic rings. The molecule has 0 radical (unpaired) electrons. The number of nitrogens with zero attached hydrogens (tertiary/aromatic N) is 4. The lowest BCUT2D eigenvalue weighted by Gasteiger charge is -2.31. The van der Waals surface area contributed by atoms with Gasteiger partial charge in [0.05, 0.1) is 5.54 Å². The van der Waals surface area contributed by atoms with Crippen molar-refractivity contribution in [3.63, 3.8) is 0 Å². The fourth-order valence-electron chi connectivity index (χ4n) is 8.56. The van der Waals surface area contributed by atoms with Gasteiger partial charge in [-0.05, 0) is 97.3 Å². The molecule has 0 amide bonds. The van der Waals surface area contributed by atoms with E-state index in [0.717, 1.165) is 51.9 Å². The summed E-state index contributed by atoms with van der Waals surface area (Å²) < 4.78 is 52.6. The van der Waals surface area contributed by atoms with Gasteiger partial charge in [0.15, 0.2) is 5.82 Å². The zero-order valence-corrected chi connectivity index (χ0v) is 25.5. The van der Waals surface area contributed by atoms with Crippen LogP contribution in [0.25, 0.3) is 32.8 Å². The molecule has 1 aromatic heterocycles. The molecular weight excluding hydrogens is 579 g/mol. The number of rotatable bonds is 6. The highest BCUT2D eigenvalue weighted by Gasteiger charge is 2.49. The van der Waals surface area contributed by atoms with Gasteiger partial charge in [0.2, 0.25) is 0 Å². The summed E-state index contributed by atoms with van der Waals surface area (Å²) in [5.41, 5.74) is 0.792. The van der Waals surface area contributed by atoms with E-state index in [1.54, 1.807) is 18.2 Å². The molecular formula is C35H38F3N5O2. The highest BCUT2D eigenvalue weighted by Crippen LogP contribution is 2.43. The van der Waals surface area contributed by atoms with Crippen LogP contribution >= 0.6 is 0 Å². The first-order chi connectivity index (χ1) is 21.8. The average molecular weight is 618 g/mol. The van der Waals surface area contributed by atoms with Gasteiger partial charge in [-0.25, -0.2) is 13.2 Å². The second-order valence-corrected chi connectivity index (χ2v) is 13.4. The van der Waals surface area contributed by atoms with Crippen molar-refractivity contribution in [1.82, 2.24) is 20.2 Å². The molecule has 3 aromatic carbocycles. The monoisotopic (exact) mass is 617 g/mol. The van der Waals surface area contributed by atoms with Crippen LogP contribution in [-0.4, -0.2) is 77.1 Å². The van der Waals surface area contributed by atoms with Gasteiger partial charge >= 0.3 is 6.01 Å². The molecule has 10 heteroatoms. The number of piperidine rings is 1. The summed E-state index contributed by atoms with van der Waals surface area (Å²) in [4.78, 5) is 13.9. The van der Waals surface area contributed by atoms with E-state index in [9.17, 15) is 13.9 Å². The Morgan fingerprint density at radius 3 is 2.80 bits per heavy atom. The summed E-state index contributed by atoms with van der Waals surface area (Å²) in [5, 5.41) is 16.0. The number of phenols is 1. The van der Waals surface area contributed by atoms with E-state index in [0.29, 0.717) is 64.4 Å². The van der Waals surface area contributed by atoms with Crippen LogP contribution in [0.2, 0.25) is 0 Å². The Morgan fingerprint density at radius 1 is 1.07 bits per heavy atom. The summed E-state index contributed by atoms with van der Waals surface area (Å²) in [6.07, 6.45) is 4.00. The Balaban J connectivity index is 1.26. The first kappa shape index (κ1) is 28.8. The molecule has 45 heavy (non-hydrogen) atoms. The molecule has 4 aliphatic rings. The van der Waals surface area contributed by atoms with Gasteiger partial charge in [0.25, 0.3) is 0 Å². The molecule has 4 atom stereocenters. The minimum Gasteiger partial charge on any atom is -0.508 e. The average Bonchev–Trinajstić information content (AvgIpc) is 3.72. The van der Waals surface area contributed by atoms with Crippen LogP contribution in [0.4, 0.5) is 19.0 Å². The maximum atomic E-state index is 16.9. The molecule has 5 heterocycles. The molecule has 2 N–H and O–H groups in total. The van der Waals surface area contributed by atoms with E-state index in [1.165, 1.54) is 12.1 Å². The number of aryl methyl sites for hydroxylation is 1. The fraction of sp³-hybridized carbons (Fsp3) is 0.486. The molecule has 0 aliphatic carbocycles. The second-order valence-electron chi connectivity index (χ2n) is 13.4. The topological polar surface area (TPSA) is 73.8 Å². The number of ether oxygens (including phenoxy) is 1. The predicted octanol–water partition coefficient (Wildman–Crippen LogP) is 6.14. The summed E-state index contributed by atoms with van der Waals surface area (Å²) in [7, 11) is 0. The van der Waals surface area contributed by atoms with E-state index in [4.69, 9.17) is 9.72 Å². The summed E-state index contributed by atoms with van der Waals surface area (Å²) in [5.74, 6) is 0.107. The van der Waals surface area contributed by atoms with Crippen molar-refractivity contribution in [2.75, 3.05) is 44.2 Å². The van der Waals surface area contributed by atoms with Crippen molar-refractivity contribution in [2.24, 2.45) is 5.92 Å². The molecule has 0 saturated carbocycles. The lowest BCUT2D eigenvalue weighted by Crippen LogP contribution is -2.43. The van der Waals surface area contributed by atoms with Crippen molar-refractivity contribution in [3.8, 4) is 22.9 Å². The predicted molar refractivity (Wildman–Crippen MR) is 169 cm³/mol. The smallest absolute Gasteiger partial charge is 0.319 e. The highest BCUT2D eigenvalue weighted by molar-refractivity contribution is 6.03. The Kier molecular flexibility index (Phi) is 7.05. The lowest BCUT2D eigenvalue weighted by atomic mass is 9.92. The van der Waals surface area contributed by atoms with Gasteiger partial charge in [0, 0.05) is 43.0 Å². The number of aromatic nitrogens is 2. The van der Waals surface area contributed by atoms with Crippen LogP contribution in [0, 0.1) is 17.6 Å². The third-order valence-corrected chi connectivity index (χ3v) is 10.7. The number of hydrogen-bond donors (Lipinski definition) is 2. The third-order valence-electron chi connectivity index (χ3n) is 10.7. The van der Waals surface area contributed by atoms with Crippen LogP contribution in [0.3, 0.4) is 0 Å². The first-order valence-corrected chi connectivity index (χ1v) is 16.3. The molecule has 7 nitrogen and oxygen atoms in total. The number of aromatic hydroxyl groups is 1. The Hall–Kier alpha value is -3.63. The van der Waals surface area contributed by atoms with Gasteiger partial charge in [-0.15, -0.1) is 0 Å². The molecule has 4 aliphatic heterocycles. The Morgan fingerprint density at radius 2 is 1.96 bits per heavy atom. The Bertz CT molecular complexity index is 1790. The minimum absolute atomic E-state index is 0.0340. The molecule has 4 saturated heterocycles. The van der Waals surface area contributed by atoms with E-state index in [1.807, 2.05) is 13.0 Å². The van der Waals surface area contributed by atoms with Gasteiger partial charge in [-0.2, -0.15) is 9.97 Å². The number of hydrogen-bond acceptors (Lipinski definition) is 7. The van der Waals surface area contributed by atoms with Gasteiger partial charge in [0.1, 0.15) is 35.7 Å². The third kappa shape index (κ3) is 4.79. The van der Waals surface area contributed by atoms with Crippen LogP contribution in [0.1, 0.15) is 44.6 Å². The molecule has 0 spiro atoms. The highest BCUT2D eigenvalue weighted by atomic mass is 19.1. The van der Waals surface area contributed by atoms with Gasteiger partial charge in [-0.3, -0.25) is 4.90 Å². The van der Waals surface area contributed by atoms with E-state index in [-0.39, 0.29) is 35.3 Å². The van der Waals surface area contributed by atoms with Crippen LogP contribution in [0.15, 0.2) is 36.4 Å². The maximum absolute atomic E-state index is 16.9. The van der Waals surface area contributed by atoms with E-state index in [2.05, 4.69) is 20.1 Å². The summed E-state index contributed by atoms with van der Waals surface area (Å²) in [6, 6.07) is 9.96. The maximum Gasteiger partial charge on any atom is 0.319 e. The number of anilines is 1. The molecule has 236 valence electrons. The molecule has 8 rings (SSSR count). The fourth-order valence-corrected chi connectivity index (χ4v) is 8.56. The quantitative estimate of drug-likeness (QED) is 0.269. The summed E-state index contributed by atoms with van der Waals surface area (Å²) >= 11 is 0. The number of alkyl halides is 1. The number of phenolic OH excluding ortho intramolecular Hbond substituents is 1. The van der Waals surface area contributed by atoms with Crippen molar-refractivity contribution in [2.45, 2.75) is 63.2 Å². The standard InChI is InChI=1S/C35H38F3N5O2/c1-2-24-28(37)9-6-20-13-23(44)14-27(30(20)24)25-7-8-26-32(31(25)38)40-34(45-19-35-10-4-12-43(35)17-22(36)15-35)41-33(26)42-16-21-5-3-11-39-29(21)18-42/h6-9,13-14,21-22,29,39,44H,2-5,10-12,15-19H2,1H3/t21-,22-,29+,35+/m1/s1. The zero-order chi connectivity index (χ0) is 30.9. The lowest BCUT2D eigenvalue weighted by molar-refractivity contribution is 0.107. The van der Waals surface area contributed by atoms with Gasteiger partial charge in [-0.1, -0.05) is 19.1 Å². The summed E-state index contributed by atoms with van der Waals surface area (Å²) in [6.45, 7) is 5.88. The SMILES string of the molecule is CCc1c(F)ccc2cc(O)cc(-c3ccc4c(N5C[C@H]6CCCN[C@H]6C5)nc(OC[C@@]56CCCN5C[C@H](F)C6)nc4c3F)c12. The van der Waals surface area contributed by atoms with Crippen molar-refractivity contribution < 1.29 is 23.0 Å². The first-order valence-electron chi connectivity index (χ1n) is 16.3. The number of halogens is 3. The van der Waals surface area contributed by atoms with Crippen LogP contribution in [-0.2, 0) is 6.42 Å². The molecule has 0 bridgehead atoms. The normalized spacial score (nSPS) is 26.6. The van der Waals surface area contributed by atoms with Gasteiger partial charge < -0.3 is 20.1 Å². The van der Waals surface area contributed by atoms with Crippen LogP contribution in [0.5, 0.6) is 11.8 Å². The van der Waals surface area contributed by atoms with Crippen molar-refractivity contribution >= 4 is 27.5 Å². The van der Waals surface area contributed by atoms with Crippen molar-refractivity contribution in [1.29, 1.82) is 0 Å². The van der Waals surface area contributed by atoms with E-state index < -0.39 is 17.5 Å². The van der Waals surface area contributed by atoms with E-state index >= 15 is 4.39 Å². The molecule has 4 fully saturated rings. The zero-order valence-electron chi connectivity index (χ0n) is 25.5. The Labute approximate surface area is 260 Å².